The average molecular weight is 311 g/mol. The van der Waals surface area contributed by atoms with E-state index < -0.39 is 0 Å². The number of hydrogen-bond acceptors (Lipinski definition) is 7. The van der Waals surface area contributed by atoms with Crippen molar-refractivity contribution in [3.05, 3.63) is 27.9 Å². The topological polar surface area (TPSA) is 87.7 Å². The van der Waals surface area contributed by atoms with E-state index in [-0.39, 0.29) is 10.8 Å². The fraction of sp³-hybridized carbons (Fsp3) is 0.364. The van der Waals surface area contributed by atoms with Gasteiger partial charge in [0, 0.05) is 25.4 Å². The predicted molar refractivity (Wildman–Crippen MR) is 75.3 cm³/mol. The van der Waals surface area contributed by atoms with E-state index in [4.69, 9.17) is 11.6 Å². The standard InChI is InChI=1S/C11H11ClN6OS/c12-8-15-9(18-5-1-2-6-18)17-11(16-8)20-10-13-4-3-7(19)14-10/h3-4H,1-2,5-6H2,(H,13,14,19). The van der Waals surface area contributed by atoms with Crippen LogP contribution in [0.15, 0.2) is 27.4 Å². The molecule has 3 heterocycles. The molecule has 0 spiro atoms. The third-order valence-corrected chi connectivity index (χ3v) is 3.74. The second-order valence-electron chi connectivity index (χ2n) is 4.22. The molecule has 1 N–H and O–H groups in total. The third kappa shape index (κ3) is 3.07. The highest BCUT2D eigenvalue weighted by Crippen LogP contribution is 2.24. The Morgan fingerprint density at radius 3 is 2.80 bits per heavy atom. The molecule has 2 aromatic rings. The van der Waals surface area contributed by atoms with Gasteiger partial charge in [0.1, 0.15) is 0 Å². The zero-order valence-corrected chi connectivity index (χ0v) is 12.0. The van der Waals surface area contributed by atoms with Gasteiger partial charge in [0.2, 0.25) is 16.4 Å². The second-order valence-corrected chi connectivity index (χ2v) is 5.52. The zero-order chi connectivity index (χ0) is 13.9. The van der Waals surface area contributed by atoms with E-state index in [9.17, 15) is 4.79 Å². The molecule has 20 heavy (non-hydrogen) atoms. The van der Waals surface area contributed by atoms with Gasteiger partial charge in [-0.15, -0.1) is 0 Å². The van der Waals surface area contributed by atoms with E-state index in [0.29, 0.717) is 16.3 Å². The first-order valence-electron chi connectivity index (χ1n) is 6.10. The number of hydrogen-bond donors (Lipinski definition) is 1. The van der Waals surface area contributed by atoms with Crippen molar-refractivity contribution in [2.75, 3.05) is 18.0 Å². The Bertz CT molecular complexity index is 672. The molecular weight excluding hydrogens is 300 g/mol. The van der Waals surface area contributed by atoms with E-state index >= 15 is 0 Å². The van der Waals surface area contributed by atoms with E-state index in [1.807, 2.05) is 0 Å². The number of aromatic amines is 1. The average Bonchev–Trinajstić information content (AvgIpc) is 2.91. The van der Waals surface area contributed by atoms with Gasteiger partial charge in [0.25, 0.3) is 5.56 Å². The van der Waals surface area contributed by atoms with E-state index in [1.165, 1.54) is 12.3 Å². The molecule has 0 amide bonds. The van der Waals surface area contributed by atoms with Gasteiger partial charge in [0.15, 0.2) is 5.16 Å². The summed E-state index contributed by atoms with van der Waals surface area (Å²) in [6, 6.07) is 1.35. The van der Waals surface area contributed by atoms with Crippen molar-refractivity contribution in [1.29, 1.82) is 0 Å². The van der Waals surface area contributed by atoms with Crippen LogP contribution in [0.1, 0.15) is 12.8 Å². The van der Waals surface area contributed by atoms with Gasteiger partial charge in [-0.05, 0) is 36.2 Å². The first kappa shape index (κ1) is 13.3. The Kier molecular flexibility index (Phi) is 3.83. The maximum absolute atomic E-state index is 11.2. The second kappa shape index (κ2) is 5.76. The molecule has 2 aromatic heterocycles. The molecule has 0 bridgehead atoms. The summed E-state index contributed by atoms with van der Waals surface area (Å²) in [6.45, 7) is 1.84. The fourth-order valence-electron chi connectivity index (χ4n) is 1.92. The van der Waals surface area contributed by atoms with Gasteiger partial charge in [-0.25, -0.2) is 4.98 Å². The summed E-state index contributed by atoms with van der Waals surface area (Å²) < 4.78 is 0. The molecular formula is C11H11ClN6OS. The molecule has 0 atom stereocenters. The molecule has 7 nitrogen and oxygen atoms in total. The molecule has 0 saturated carbocycles. The summed E-state index contributed by atoms with van der Waals surface area (Å²) in [4.78, 5) is 32.5. The van der Waals surface area contributed by atoms with Crippen LogP contribution in [0.25, 0.3) is 0 Å². The van der Waals surface area contributed by atoms with Crippen molar-refractivity contribution in [2.45, 2.75) is 23.2 Å². The minimum Gasteiger partial charge on any atom is -0.341 e. The molecule has 0 aliphatic carbocycles. The maximum Gasteiger partial charge on any atom is 0.251 e. The molecule has 3 rings (SSSR count). The van der Waals surface area contributed by atoms with Crippen molar-refractivity contribution in [2.24, 2.45) is 0 Å². The van der Waals surface area contributed by atoms with Gasteiger partial charge in [-0.3, -0.25) is 4.79 Å². The van der Waals surface area contributed by atoms with Crippen LogP contribution in [0.4, 0.5) is 5.95 Å². The molecule has 0 radical (unpaired) electrons. The summed E-state index contributed by atoms with van der Waals surface area (Å²) in [7, 11) is 0. The van der Waals surface area contributed by atoms with Gasteiger partial charge in [0.05, 0.1) is 0 Å². The summed E-state index contributed by atoms with van der Waals surface area (Å²) >= 11 is 7.08. The minimum atomic E-state index is -0.220. The lowest BCUT2D eigenvalue weighted by atomic mass is 10.4. The molecule has 1 aliphatic rings. The van der Waals surface area contributed by atoms with Crippen molar-refractivity contribution in [1.82, 2.24) is 24.9 Å². The smallest absolute Gasteiger partial charge is 0.251 e. The maximum atomic E-state index is 11.2. The monoisotopic (exact) mass is 310 g/mol. The summed E-state index contributed by atoms with van der Waals surface area (Å²) in [6.07, 6.45) is 3.68. The minimum absolute atomic E-state index is 0.141. The molecule has 104 valence electrons. The molecule has 1 aliphatic heterocycles. The van der Waals surface area contributed by atoms with Crippen LogP contribution in [0.3, 0.4) is 0 Å². The van der Waals surface area contributed by atoms with Crippen LogP contribution in [0.5, 0.6) is 0 Å². The zero-order valence-electron chi connectivity index (χ0n) is 10.4. The number of rotatable bonds is 3. The van der Waals surface area contributed by atoms with Crippen LogP contribution < -0.4 is 10.5 Å². The SMILES string of the molecule is O=c1ccnc(Sc2nc(Cl)nc(N3CCCC3)n2)[nH]1. The van der Waals surface area contributed by atoms with Crippen LogP contribution in [-0.4, -0.2) is 38.0 Å². The Morgan fingerprint density at radius 1 is 1.25 bits per heavy atom. The number of halogens is 1. The van der Waals surface area contributed by atoms with Crippen LogP contribution in [0, 0.1) is 0 Å². The highest BCUT2D eigenvalue weighted by molar-refractivity contribution is 7.99. The van der Waals surface area contributed by atoms with Gasteiger partial charge in [-0.1, -0.05) is 0 Å². The molecule has 0 unspecified atom stereocenters. The Balaban J connectivity index is 1.87. The lowest BCUT2D eigenvalue weighted by Gasteiger charge is -2.15. The highest BCUT2D eigenvalue weighted by atomic mass is 35.5. The summed E-state index contributed by atoms with van der Waals surface area (Å²) in [5.74, 6) is 0.572. The Hall–Kier alpha value is -1.67. The summed E-state index contributed by atoms with van der Waals surface area (Å²) in [5, 5.41) is 0.982. The van der Waals surface area contributed by atoms with Crippen molar-refractivity contribution < 1.29 is 0 Å². The van der Waals surface area contributed by atoms with Crippen LogP contribution in [0.2, 0.25) is 5.28 Å². The first-order valence-corrected chi connectivity index (χ1v) is 7.30. The van der Waals surface area contributed by atoms with E-state index in [0.717, 1.165) is 37.7 Å². The van der Waals surface area contributed by atoms with Crippen molar-refractivity contribution in [3.8, 4) is 0 Å². The number of H-pyrrole nitrogens is 1. The molecule has 1 saturated heterocycles. The van der Waals surface area contributed by atoms with E-state index in [2.05, 4.69) is 29.8 Å². The van der Waals surface area contributed by atoms with Gasteiger partial charge >= 0.3 is 0 Å². The van der Waals surface area contributed by atoms with Crippen molar-refractivity contribution >= 4 is 29.3 Å². The molecule has 0 aromatic carbocycles. The lowest BCUT2D eigenvalue weighted by Crippen LogP contribution is -2.21. The van der Waals surface area contributed by atoms with Crippen LogP contribution in [-0.2, 0) is 0 Å². The lowest BCUT2D eigenvalue weighted by molar-refractivity contribution is 0.821. The fourth-order valence-corrected chi connectivity index (χ4v) is 2.82. The number of anilines is 1. The largest absolute Gasteiger partial charge is 0.341 e. The Labute approximate surface area is 123 Å². The third-order valence-electron chi connectivity index (χ3n) is 2.80. The highest BCUT2D eigenvalue weighted by Gasteiger charge is 2.17. The van der Waals surface area contributed by atoms with Crippen molar-refractivity contribution in [3.63, 3.8) is 0 Å². The van der Waals surface area contributed by atoms with Gasteiger partial charge < -0.3 is 9.88 Å². The summed E-state index contributed by atoms with van der Waals surface area (Å²) in [5.41, 5.74) is -0.220. The first-order chi connectivity index (χ1) is 9.70. The predicted octanol–water partition coefficient (Wildman–Crippen LogP) is 1.36. The number of nitrogens with one attached hydrogen (secondary N) is 1. The van der Waals surface area contributed by atoms with Gasteiger partial charge in [-0.2, -0.15) is 15.0 Å². The quantitative estimate of drug-likeness (QED) is 0.856. The molecule has 1 fully saturated rings. The number of nitrogens with zero attached hydrogens (tertiary/aromatic N) is 5. The normalized spacial score (nSPS) is 14.8. The Morgan fingerprint density at radius 2 is 2.05 bits per heavy atom. The number of aromatic nitrogens is 5. The molecule has 9 heteroatoms. The van der Waals surface area contributed by atoms with E-state index in [1.54, 1.807) is 0 Å². The van der Waals surface area contributed by atoms with Crippen LogP contribution >= 0.6 is 23.4 Å².